The van der Waals surface area contributed by atoms with Crippen molar-refractivity contribution in [1.82, 2.24) is 0 Å². The van der Waals surface area contributed by atoms with Crippen LogP contribution in [0.4, 0.5) is 0 Å². The second kappa shape index (κ2) is 7.28. The van der Waals surface area contributed by atoms with Crippen LogP contribution < -0.4 is 0 Å². The van der Waals surface area contributed by atoms with Gasteiger partial charge in [-0.15, -0.1) is 0 Å². The largest absolute Gasteiger partial charge is 0.396 e. The summed E-state index contributed by atoms with van der Waals surface area (Å²) in [6.07, 6.45) is 1.04. The van der Waals surface area contributed by atoms with E-state index in [2.05, 4.69) is 0 Å². The molecule has 21 heavy (non-hydrogen) atoms. The van der Waals surface area contributed by atoms with Crippen LogP contribution in [0.3, 0.4) is 0 Å². The molecule has 0 amide bonds. The monoisotopic (exact) mass is 324 g/mol. The number of hydrogen-bond acceptors (Lipinski definition) is 2. The SMILES string of the molecule is OCC(CO)(Cc1ccccc1)Cc1cccc(Cl)c1Cl. The van der Waals surface area contributed by atoms with Crippen molar-refractivity contribution in [2.45, 2.75) is 12.8 Å². The zero-order chi connectivity index (χ0) is 15.3. The molecule has 0 aromatic heterocycles. The third kappa shape index (κ3) is 3.98. The smallest absolute Gasteiger partial charge is 0.0624 e. The maximum absolute atomic E-state index is 9.82. The summed E-state index contributed by atoms with van der Waals surface area (Å²) in [6.45, 7) is -0.248. The highest BCUT2D eigenvalue weighted by atomic mass is 35.5. The van der Waals surface area contributed by atoms with Crippen molar-refractivity contribution < 1.29 is 10.2 Å². The molecule has 0 spiro atoms. The summed E-state index contributed by atoms with van der Waals surface area (Å²) >= 11 is 12.3. The third-order valence-corrected chi connectivity index (χ3v) is 4.55. The standard InChI is InChI=1S/C17H18Cl2O2/c18-15-8-4-7-14(16(15)19)10-17(11-20,12-21)9-13-5-2-1-3-6-13/h1-8,20-21H,9-12H2. The van der Waals surface area contributed by atoms with Crippen LogP contribution in [0.25, 0.3) is 0 Å². The molecule has 0 saturated heterocycles. The molecular weight excluding hydrogens is 307 g/mol. The molecule has 0 saturated carbocycles. The van der Waals surface area contributed by atoms with Crippen molar-refractivity contribution >= 4 is 23.2 Å². The summed E-state index contributed by atoms with van der Waals surface area (Å²) in [4.78, 5) is 0. The minimum Gasteiger partial charge on any atom is -0.396 e. The second-order valence-corrected chi connectivity index (χ2v) is 6.15. The summed E-state index contributed by atoms with van der Waals surface area (Å²) in [7, 11) is 0. The first kappa shape index (κ1) is 16.3. The van der Waals surface area contributed by atoms with E-state index in [1.807, 2.05) is 42.5 Å². The Bertz CT molecular complexity index is 581. The van der Waals surface area contributed by atoms with Crippen LogP contribution in [0.5, 0.6) is 0 Å². The maximum Gasteiger partial charge on any atom is 0.0624 e. The molecular formula is C17H18Cl2O2. The Hall–Kier alpha value is -1.06. The van der Waals surface area contributed by atoms with E-state index in [1.54, 1.807) is 6.07 Å². The van der Waals surface area contributed by atoms with E-state index < -0.39 is 5.41 Å². The topological polar surface area (TPSA) is 40.5 Å². The Kier molecular flexibility index (Phi) is 5.65. The number of rotatable bonds is 6. The number of halogens is 2. The fourth-order valence-corrected chi connectivity index (χ4v) is 2.84. The molecule has 2 aromatic carbocycles. The second-order valence-electron chi connectivity index (χ2n) is 5.37. The average molecular weight is 325 g/mol. The van der Waals surface area contributed by atoms with Crippen molar-refractivity contribution in [3.8, 4) is 0 Å². The van der Waals surface area contributed by atoms with E-state index in [-0.39, 0.29) is 13.2 Å². The van der Waals surface area contributed by atoms with E-state index in [0.29, 0.717) is 22.9 Å². The zero-order valence-electron chi connectivity index (χ0n) is 11.6. The summed E-state index contributed by atoms with van der Waals surface area (Å²) < 4.78 is 0. The van der Waals surface area contributed by atoms with Crippen molar-refractivity contribution in [3.63, 3.8) is 0 Å². The van der Waals surface area contributed by atoms with Gasteiger partial charge in [0, 0.05) is 5.41 Å². The molecule has 2 aromatic rings. The molecule has 4 heteroatoms. The highest BCUT2D eigenvalue weighted by Crippen LogP contribution is 2.33. The molecule has 0 radical (unpaired) electrons. The van der Waals surface area contributed by atoms with E-state index in [0.717, 1.165) is 11.1 Å². The van der Waals surface area contributed by atoms with Crippen LogP contribution in [0.1, 0.15) is 11.1 Å². The van der Waals surface area contributed by atoms with Gasteiger partial charge >= 0.3 is 0 Å². The third-order valence-electron chi connectivity index (χ3n) is 3.69. The van der Waals surface area contributed by atoms with Gasteiger partial charge in [0.25, 0.3) is 0 Å². The molecule has 2 nitrogen and oxygen atoms in total. The molecule has 2 rings (SSSR count). The number of benzene rings is 2. The molecule has 0 aliphatic heterocycles. The first-order valence-corrected chi connectivity index (χ1v) is 7.54. The molecule has 0 atom stereocenters. The minimum atomic E-state index is -0.657. The lowest BCUT2D eigenvalue weighted by atomic mass is 9.78. The summed E-state index contributed by atoms with van der Waals surface area (Å²) in [6, 6.07) is 15.2. The van der Waals surface area contributed by atoms with E-state index in [9.17, 15) is 10.2 Å². The Morgan fingerprint density at radius 3 is 2.10 bits per heavy atom. The number of aliphatic hydroxyl groups excluding tert-OH is 2. The lowest BCUT2D eigenvalue weighted by Gasteiger charge is -2.30. The van der Waals surface area contributed by atoms with Crippen LogP contribution in [-0.4, -0.2) is 23.4 Å². The predicted molar refractivity (Wildman–Crippen MR) is 86.9 cm³/mol. The van der Waals surface area contributed by atoms with Gasteiger partial charge in [0.05, 0.1) is 23.3 Å². The molecule has 0 heterocycles. The Morgan fingerprint density at radius 1 is 0.810 bits per heavy atom. The molecule has 112 valence electrons. The van der Waals surface area contributed by atoms with Crippen LogP contribution in [0.2, 0.25) is 10.0 Å². The summed E-state index contributed by atoms with van der Waals surface area (Å²) in [5.74, 6) is 0. The van der Waals surface area contributed by atoms with E-state index >= 15 is 0 Å². The lowest BCUT2D eigenvalue weighted by Crippen LogP contribution is -2.35. The van der Waals surface area contributed by atoms with Crippen molar-refractivity contribution in [1.29, 1.82) is 0 Å². The van der Waals surface area contributed by atoms with Gasteiger partial charge in [0.15, 0.2) is 0 Å². The normalized spacial score (nSPS) is 11.6. The Morgan fingerprint density at radius 2 is 1.48 bits per heavy atom. The van der Waals surface area contributed by atoms with Crippen LogP contribution >= 0.6 is 23.2 Å². The van der Waals surface area contributed by atoms with Crippen molar-refractivity contribution in [3.05, 3.63) is 69.7 Å². The quantitative estimate of drug-likeness (QED) is 0.849. The molecule has 0 unspecified atom stereocenters. The van der Waals surface area contributed by atoms with Gasteiger partial charge in [-0.3, -0.25) is 0 Å². The van der Waals surface area contributed by atoms with Crippen LogP contribution in [0, 0.1) is 5.41 Å². The van der Waals surface area contributed by atoms with E-state index in [1.165, 1.54) is 0 Å². The van der Waals surface area contributed by atoms with Gasteiger partial charge in [0.1, 0.15) is 0 Å². The van der Waals surface area contributed by atoms with Gasteiger partial charge in [0.2, 0.25) is 0 Å². The molecule has 0 bridgehead atoms. The van der Waals surface area contributed by atoms with Gasteiger partial charge in [-0.1, -0.05) is 65.7 Å². The van der Waals surface area contributed by atoms with Crippen LogP contribution in [0.15, 0.2) is 48.5 Å². The molecule has 0 aliphatic carbocycles. The fourth-order valence-electron chi connectivity index (χ4n) is 2.45. The maximum atomic E-state index is 9.82. The minimum absolute atomic E-state index is 0.124. The van der Waals surface area contributed by atoms with Crippen molar-refractivity contribution in [2.24, 2.45) is 5.41 Å². The lowest BCUT2D eigenvalue weighted by molar-refractivity contribution is 0.0548. The molecule has 0 aliphatic rings. The molecule has 2 N–H and O–H groups in total. The predicted octanol–water partition coefficient (Wildman–Crippen LogP) is 3.75. The zero-order valence-corrected chi connectivity index (χ0v) is 13.1. The van der Waals surface area contributed by atoms with Gasteiger partial charge in [-0.05, 0) is 30.0 Å². The summed E-state index contributed by atoms with van der Waals surface area (Å²) in [5, 5.41) is 20.6. The first-order chi connectivity index (χ1) is 10.1. The van der Waals surface area contributed by atoms with Crippen LogP contribution in [-0.2, 0) is 12.8 Å². The highest BCUT2D eigenvalue weighted by molar-refractivity contribution is 6.42. The number of hydrogen-bond donors (Lipinski definition) is 2. The number of aliphatic hydroxyl groups is 2. The van der Waals surface area contributed by atoms with Gasteiger partial charge in [-0.2, -0.15) is 0 Å². The van der Waals surface area contributed by atoms with Gasteiger partial charge in [-0.25, -0.2) is 0 Å². The fraction of sp³-hybridized carbons (Fsp3) is 0.294. The van der Waals surface area contributed by atoms with Gasteiger partial charge < -0.3 is 10.2 Å². The Balaban J connectivity index is 2.27. The van der Waals surface area contributed by atoms with E-state index in [4.69, 9.17) is 23.2 Å². The van der Waals surface area contributed by atoms with Crippen molar-refractivity contribution in [2.75, 3.05) is 13.2 Å². The average Bonchev–Trinajstić information content (AvgIpc) is 2.52. The Labute approximate surface area is 135 Å². The molecule has 0 fully saturated rings. The highest BCUT2D eigenvalue weighted by Gasteiger charge is 2.30. The first-order valence-electron chi connectivity index (χ1n) is 6.79. The summed E-state index contributed by atoms with van der Waals surface area (Å²) in [5.41, 5.74) is 1.25.